The summed E-state index contributed by atoms with van der Waals surface area (Å²) in [6.07, 6.45) is -3.53. The largest absolute Gasteiger partial charge is 0.403 e. The molecular formula is C8H16F3N. The predicted octanol–water partition coefficient (Wildman–Crippen LogP) is 2.56. The Morgan fingerprint density at radius 2 is 1.67 bits per heavy atom. The third kappa shape index (κ3) is 3.01. The van der Waals surface area contributed by atoms with E-state index in [1.54, 1.807) is 13.8 Å². The van der Waals surface area contributed by atoms with E-state index in [1.165, 1.54) is 0 Å². The third-order valence-corrected chi connectivity index (χ3v) is 2.49. The number of hydrogen-bond acceptors (Lipinski definition) is 1. The number of hydrogen-bond donors (Lipinski definition) is 1. The fourth-order valence-corrected chi connectivity index (χ4v) is 1.02. The lowest BCUT2D eigenvalue weighted by atomic mass is 9.87. The maximum absolute atomic E-state index is 12.1. The van der Waals surface area contributed by atoms with Crippen LogP contribution < -0.4 is 5.73 Å². The van der Waals surface area contributed by atoms with E-state index in [4.69, 9.17) is 5.73 Å². The monoisotopic (exact) mass is 183 g/mol. The lowest BCUT2D eigenvalue weighted by molar-refractivity contribution is -0.161. The molecule has 4 heteroatoms. The molecule has 3 unspecified atom stereocenters. The van der Waals surface area contributed by atoms with Crippen molar-refractivity contribution in [2.75, 3.05) is 0 Å². The summed E-state index contributed by atoms with van der Waals surface area (Å²) in [5, 5.41) is 0. The highest BCUT2D eigenvalue weighted by molar-refractivity contribution is 4.79. The SMILES string of the molecule is CCC(C)C(C)C(N)C(F)(F)F. The van der Waals surface area contributed by atoms with E-state index in [1.807, 2.05) is 6.92 Å². The van der Waals surface area contributed by atoms with Gasteiger partial charge >= 0.3 is 6.18 Å². The van der Waals surface area contributed by atoms with Crippen LogP contribution in [0.1, 0.15) is 27.2 Å². The van der Waals surface area contributed by atoms with Crippen LogP contribution in [0.4, 0.5) is 13.2 Å². The van der Waals surface area contributed by atoms with Crippen LogP contribution in [0.25, 0.3) is 0 Å². The van der Waals surface area contributed by atoms with Crippen LogP contribution in [0.3, 0.4) is 0 Å². The zero-order valence-corrected chi connectivity index (χ0v) is 7.65. The van der Waals surface area contributed by atoms with E-state index < -0.39 is 18.1 Å². The molecule has 0 heterocycles. The lowest BCUT2D eigenvalue weighted by Gasteiger charge is -2.26. The van der Waals surface area contributed by atoms with E-state index in [2.05, 4.69) is 0 Å². The Labute approximate surface area is 71.1 Å². The molecule has 1 nitrogen and oxygen atoms in total. The molecular weight excluding hydrogens is 167 g/mol. The maximum Gasteiger partial charge on any atom is 0.403 e. The standard InChI is InChI=1S/C8H16F3N/c1-4-5(2)6(3)7(12)8(9,10)11/h5-7H,4,12H2,1-3H3. The average molecular weight is 183 g/mol. The van der Waals surface area contributed by atoms with Gasteiger partial charge < -0.3 is 5.73 Å². The van der Waals surface area contributed by atoms with Gasteiger partial charge in [-0.3, -0.25) is 0 Å². The molecule has 74 valence electrons. The van der Waals surface area contributed by atoms with Gasteiger partial charge in [-0.1, -0.05) is 27.2 Å². The van der Waals surface area contributed by atoms with Crippen LogP contribution in [0, 0.1) is 11.8 Å². The quantitative estimate of drug-likeness (QED) is 0.715. The average Bonchev–Trinajstić information content (AvgIpc) is 1.98. The summed E-state index contributed by atoms with van der Waals surface area (Å²) in [5.41, 5.74) is 5.05. The van der Waals surface area contributed by atoms with Crippen LogP contribution in [0.5, 0.6) is 0 Å². The predicted molar refractivity (Wildman–Crippen MR) is 42.6 cm³/mol. The molecule has 0 aliphatic heterocycles. The lowest BCUT2D eigenvalue weighted by Crippen LogP contribution is -2.44. The molecule has 0 spiro atoms. The Morgan fingerprint density at radius 3 is 1.92 bits per heavy atom. The number of halogens is 3. The fourth-order valence-electron chi connectivity index (χ4n) is 1.02. The molecule has 0 amide bonds. The van der Waals surface area contributed by atoms with Gasteiger partial charge in [0.2, 0.25) is 0 Å². The van der Waals surface area contributed by atoms with Crippen molar-refractivity contribution >= 4 is 0 Å². The van der Waals surface area contributed by atoms with E-state index in [0.717, 1.165) is 6.42 Å². The summed E-state index contributed by atoms with van der Waals surface area (Å²) in [7, 11) is 0. The number of rotatable bonds is 3. The van der Waals surface area contributed by atoms with Gasteiger partial charge in [0.1, 0.15) is 6.04 Å². The van der Waals surface area contributed by atoms with Gasteiger partial charge in [-0.25, -0.2) is 0 Å². The number of alkyl halides is 3. The summed E-state index contributed by atoms with van der Waals surface area (Å²) in [6.45, 7) is 5.20. The molecule has 0 bridgehead atoms. The molecule has 0 aromatic heterocycles. The topological polar surface area (TPSA) is 26.0 Å². The van der Waals surface area contributed by atoms with Crippen molar-refractivity contribution in [1.82, 2.24) is 0 Å². The van der Waals surface area contributed by atoms with Crippen LogP contribution in [-0.4, -0.2) is 12.2 Å². The minimum atomic E-state index is -4.26. The molecule has 3 atom stereocenters. The second-order valence-electron chi connectivity index (χ2n) is 3.31. The first-order valence-corrected chi connectivity index (χ1v) is 4.13. The van der Waals surface area contributed by atoms with Crippen molar-refractivity contribution in [1.29, 1.82) is 0 Å². The molecule has 0 radical (unpaired) electrons. The Balaban J connectivity index is 4.19. The van der Waals surface area contributed by atoms with Crippen LogP contribution in [0.2, 0.25) is 0 Å². The van der Waals surface area contributed by atoms with Crippen molar-refractivity contribution in [3.05, 3.63) is 0 Å². The van der Waals surface area contributed by atoms with E-state index in [9.17, 15) is 13.2 Å². The van der Waals surface area contributed by atoms with Gasteiger partial charge in [0, 0.05) is 0 Å². The van der Waals surface area contributed by atoms with Crippen molar-refractivity contribution in [3.63, 3.8) is 0 Å². The molecule has 0 aromatic carbocycles. The van der Waals surface area contributed by atoms with Crippen molar-refractivity contribution in [2.24, 2.45) is 17.6 Å². The molecule has 12 heavy (non-hydrogen) atoms. The zero-order valence-electron chi connectivity index (χ0n) is 7.65. The van der Waals surface area contributed by atoms with Gasteiger partial charge in [0.05, 0.1) is 0 Å². The molecule has 0 saturated carbocycles. The zero-order chi connectivity index (χ0) is 9.94. The van der Waals surface area contributed by atoms with Gasteiger partial charge in [0.15, 0.2) is 0 Å². The third-order valence-electron chi connectivity index (χ3n) is 2.49. The first-order chi connectivity index (χ1) is 5.30. The summed E-state index contributed by atoms with van der Waals surface area (Å²) in [4.78, 5) is 0. The van der Waals surface area contributed by atoms with E-state index in [-0.39, 0.29) is 5.92 Å². The Kier molecular flexibility index (Phi) is 4.03. The molecule has 0 aromatic rings. The van der Waals surface area contributed by atoms with Crippen molar-refractivity contribution in [3.8, 4) is 0 Å². The maximum atomic E-state index is 12.1. The molecule has 2 N–H and O–H groups in total. The minimum absolute atomic E-state index is 0.0154. The number of nitrogens with two attached hydrogens (primary N) is 1. The summed E-state index contributed by atoms with van der Waals surface area (Å²) in [5.74, 6) is -0.489. The highest BCUT2D eigenvalue weighted by Crippen LogP contribution is 2.28. The second kappa shape index (κ2) is 4.12. The summed E-state index contributed by atoms with van der Waals surface area (Å²) in [6, 6.07) is -1.69. The molecule has 0 saturated heterocycles. The molecule has 0 rings (SSSR count). The Morgan fingerprint density at radius 1 is 1.25 bits per heavy atom. The van der Waals surface area contributed by atoms with E-state index >= 15 is 0 Å². The van der Waals surface area contributed by atoms with Gasteiger partial charge in [-0.15, -0.1) is 0 Å². The van der Waals surface area contributed by atoms with Gasteiger partial charge in [-0.05, 0) is 11.8 Å². The van der Waals surface area contributed by atoms with Gasteiger partial charge in [0.25, 0.3) is 0 Å². The van der Waals surface area contributed by atoms with Crippen LogP contribution >= 0.6 is 0 Å². The molecule has 0 aliphatic rings. The molecule has 0 aliphatic carbocycles. The first kappa shape index (κ1) is 11.8. The highest BCUT2D eigenvalue weighted by Gasteiger charge is 2.41. The fraction of sp³-hybridized carbons (Fsp3) is 1.00. The Bertz CT molecular complexity index is 133. The molecule has 0 fully saturated rings. The smallest absolute Gasteiger partial charge is 0.320 e. The van der Waals surface area contributed by atoms with Crippen LogP contribution in [-0.2, 0) is 0 Å². The summed E-state index contributed by atoms with van der Waals surface area (Å²) >= 11 is 0. The van der Waals surface area contributed by atoms with Crippen molar-refractivity contribution < 1.29 is 13.2 Å². The summed E-state index contributed by atoms with van der Waals surface area (Å²) < 4.78 is 36.2. The van der Waals surface area contributed by atoms with Crippen molar-refractivity contribution in [2.45, 2.75) is 39.4 Å². The highest BCUT2D eigenvalue weighted by atomic mass is 19.4. The second-order valence-corrected chi connectivity index (χ2v) is 3.31. The Hall–Kier alpha value is -0.250. The minimum Gasteiger partial charge on any atom is -0.320 e. The van der Waals surface area contributed by atoms with Gasteiger partial charge in [-0.2, -0.15) is 13.2 Å². The van der Waals surface area contributed by atoms with E-state index in [0.29, 0.717) is 0 Å². The normalized spacial score (nSPS) is 20.2. The van der Waals surface area contributed by atoms with Crippen LogP contribution in [0.15, 0.2) is 0 Å². The first-order valence-electron chi connectivity index (χ1n) is 4.13.